The van der Waals surface area contributed by atoms with E-state index in [1.807, 2.05) is 27.1 Å². The first-order valence-electron chi connectivity index (χ1n) is 7.62. The molecule has 0 aliphatic carbocycles. The highest BCUT2D eigenvalue weighted by atomic mass is 32.1. The lowest BCUT2D eigenvalue weighted by Crippen LogP contribution is -2.18. The van der Waals surface area contributed by atoms with Crippen molar-refractivity contribution in [2.45, 2.75) is 46.6 Å². The average molecular weight is 330 g/mol. The molecule has 6 nitrogen and oxygen atoms in total. The molecule has 0 radical (unpaired) electrons. The van der Waals surface area contributed by atoms with Crippen LogP contribution in [0, 0.1) is 13.8 Å². The third-order valence-electron chi connectivity index (χ3n) is 3.68. The molecule has 7 heteroatoms. The van der Waals surface area contributed by atoms with Crippen LogP contribution >= 0.6 is 11.3 Å². The van der Waals surface area contributed by atoms with E-state index in [9.17, 15) is 0 Å². The minimum atomic E-state index is -0.119. The molecule has 0 aliphatic rings. The molecule has 3 rings (SSSR count). The van der Waals surface area contributed by atoms with Crippen molar-refractivity contribution in [2.75, 3.05) is 5.32 Å². The Labute approximate surface area is 140 Å². The molecule has 3 aromatic heterocycles. The molecule has 0 unspecified atom stereocenters. The lowest BCUT2D eigenvalue weighted by Gasteiger charge is -2.18. The fraction of sp³-hybridized carbons (Fsp3) is 0.500. The zero-order valence-corrected chi connectivity index (χ0v) is 15.2. The van der Waals surface area contributed by atoms with Gasteiger partial charge in [0, 0.05) is 17.3 Å². The Morgan fingerprint density at radius 2 is 1.91 bits per heavy atom. The quantitative estimate of drug-likeness (QED) is 0.797. The van der Waals surface area contributed by atoms with Crippen molar-refractivity contribution >= 4 is 28.2 Å². The van der Waals surface area contributed by atoms with Crippen molar-refractivity contribution in [3.63, 3.8) is 0 Å². The SMILES string of the molecule is Cc1nc(C)c(CNc2nc(C(C)(C)C)nc3c2cnn3C)s1. The zero-order chi connectivity index (χ0) is 16.8. The number of hydrogen-bond acceptors (Lipinski definition) is 6. The summed E-state index contributed by atoms with van der Waals surface area (Å²) in [6, 6.07) is 0. The number of rotatable bonds is 3. The van der Waals surface area contributed by atoms with Gasteiger partial charge in [-0.1, -0.05) is 20.8 Å². The second-order valence-corrected chi connectivity index (χ2v) is 8.03. The van der Waals surface area contributed by atoms with Crippen LogP contribution in [0.3, 0.4) is 0 Å². The van der Waals surface area contributed by atoms with Crippen molar-refractivity contribution in [3.05, 3.63) is 27.6 Å². The molecule has 1 N–H and O–H groups in total. The molecule has 3 heterocycles. The van der Waals surface area contributed by atoms with Gasteiger partial charge in [-0.05, 0) is 13.8 Å². The molecule has 0 saturated heterocycles. The monoisotopic (exact) mass is 330 g/mol. The molecule has 0 spiro atoms. The van der Waals surface area contributed by atoms with Crippen LogP contribution in [0.1, 0.15) is 42.2 Å². The van der Waals surface area contributed by atoms with Crippen LogP contribution in [0.2, 0.25) is 0 Å². The van der Waals surface area contributed by atoms with Gasteiger partial charge in [-0.25, -0.2) is 15.0 Å². The van der Waals surface area contributed by atoms with E-state index in [-0.39, 0.29) is 5.41 Å². The van der Waals surface area contributed by atoms with Gasteiger partial charge in [-0.2, -0.15) is 5.10 Å². The molecule has 23 heavy (non-hydrogen) atoms. The minimum Gasteiger partial charge on any atom is -0.364 e. The topological polar surface area (TPSA) is 68.5 Å². The van der Waals surface area contributed by atoms with Gasteiger partial charge in [0.05, 0.1) is 28.8 Å². The second kappa shape index (κ2) is 5.56. The number of nitrogens with one attached hydrogen (secondary N) is 1. The van der Waals surface area contributed by atoms with E-state index in [2.05, 4.69) is 41.2 Å². The Hall–Kier alpha value is -2.02. The molecule has 0 atom stereocenters. The van der Waals surface area contributed by atoms with Crippen LogP contribution in [0.25, 0.3) is 11.0 Å². The van der Waals surface area contributed by atoms with Gasteiger partial charge in [0.2, 0.25) is 0 Å². The predicted molar refractivity (Wildman–Crippen MR) is 93.9 cm³/mol. The summed E-state index contributed by atoms with van der Waals surface area (Å²) < 4.78 is 1.79. The van der Waals surface area contributed by atoms with E-state index < -0.39 is 0 Å². The van der Waals surface area contributed by atoms with Gasteiger partial charge in [0.25, 0.3) is 0 Å². The van der Waals surface area contributed by atoms with Crippen molar-refractivity contribution in [1.82, 2.24) is 24.7 Å². The molecule has 3 aromatic rings. The van der Waals surface area contributed by atoms with E-state index in [0.29, 0.717) is 6.54 Å². The maximum atomic E-state index is 4.75. The van der Waals surface area contributed by atoms with Crippen molar-refractivity contribution in [3.8, 4) is 0 Å². The van der Waals surface area contributed by atoms with Crippen LogP contribution in [-0.4, -0.2) is 24.7 Å². The third-order valence-corrected chi connectivity index (χ3v) is 4.75. The molecule has 0 aromatic carbocycles. The summed E-state index contributed by atoms with van der Waals surface area (Å²) in [6.07, 6.45) is 1.81. The lowest BCUT2D eigenvalue weighted by molar-refractivity contribution is 0.547. The minimum absolute atomic E-state index is 0.119. The van der Waals surface area contributed by atoms with Crippen molar-refractivity contribution in [2.24, 2.45) is 7.05 Å². The molecule has 0 fully saturated rings. The summed E-state index contributed by atoms with van der Waals surface area (Å²) >= 11 is 1.72. The number of aryl methyl sites for hydroxylation is 3. The van der Waals surface area contributed by atoms with E-state index in [1.165, 1.54) is 4.88 Å². The smallest absolute Gasteiger partial charge is 0.163 e. The zero-order valence-electron chi connectivity index (χ0n) is 14.4. The van der Waals surface area contributed by atoms with Crippen LogP contribution in [0.5, 0.6) is 0 Å². The van der Waals surface area contributed by atoms with Gasteiger partial charge >= 0.3 is 0 Å². The van der Waals surface area contributed by atoms with Crippen LogP contribution < -0.4 is 5.32 Å². The Balaban J connectivity index is 2.00. The first-order valence-corrected chi connectivity index (χ1v) is 8.44. The first-order chi connectivity index (χ1) is 10.8. The summed E-state index contributed by atoms with van der Waals surface area (Å²) in [7, 11) is 1.91. The van der Waals surface area contributed by atoms with E-state index in [4.69, 9.17) is 4.98 Å². The van der Waals surface area contributed by atoms with Gasteiger partial charge in [-0.15, -0.1) is 11.3 Å². The average Bonchev–Trinajstić information content (AvgIpc) is 2.98. The molecular formula is C16H22N6S. The Kier molecular flexibility index (Phi) is 3.83. The Bertz CT molecular complexity index is 855. The van der Waals surface area contributed by atoms with Gasteiger partial charge in [-0.3, -0.25) is 4.68 Å². The van der Waals surface area contributed by atoms with Crippen LogP contribution in [-0.2, 0) is 19.0 Å². The summed E-state index contributed by atoms with van der Waals surface area (Å²) in [5, 5.41) is 9.80. The maximum Gasteiger partial charge on any atom is 0.163 e. The number of nitrogens with zero attached hydrogens (tertiary/aromatic N) is 5. The number of fused-ring (bicyclic) bond motifs is 1. The summed E-state index contributed by atoms with van der Waals surface area (Å²) in [5.74, 6) is 1.65. The summed E-state index contributed by atoms with van der Waals surface area (Å²) in [6.45, 7) is 11.1. The molecular weight excluding hydrogens is 308 g/mol. The number of anilines is 1. The fourth-order valence-corrected chi connectivity index (χ4v) is 3.27. The molecule has 0 amide bonds. The van der Waals surface area contributed by atoms with Crippen LogP contribution in [0.15, 0.2) is 6.20 Å². The fourth-order valence-electron chi connectivity index (χ4n) is 2.39. The Morgan fingerprint density at radius 1 is 1.17 bits per heavy atom. The molecule has 122 valence electrons. The van der Waals surface area contributed by atoms with Gasteiger partial charge in [0.15, 0.2) is 5.65 Å². The predicted octanol–water partition coefficient (Wildman–Crippen LogP) is 3.35. The van der Waals surface area contributed by atoms with E-state index in [1.54, 1.807) is 16.0 Å². The largest absolute Gasteiger partial charge is 0.364 e. The van der Waals surface area contributed by atoms with Crippen LogP contribution in [0.4, 0.5) is 5.82 Å². The number of hydrogen-bond donors (Lipinski definition) is 1. The third kappa shape index (κ3) is 3.06. The summed E-state index contributed by atoms with van der Waals surface area (Å²) in [4.78, 5) is 15.1. The van der Waals surface area contributed by atoms with Gasteiger partial charge in [0.1, 0.15) is 11.6 Å². The Morgan fingerprint density at radius 3 is 2.52 bits per heavy atom. The number of aromatic nitrogens is 5. The molecule has 0 bridgehead atoms. The highest BCUT2D eigenvalue weighted by Gasteiger charge is 2.21. The van der Waals surface area contributed by atoms with E-state index >= 15 is 0 Å². The molecule has 0 aliphatic heterocycles. The van der Waals surface area contributed by atoms with Gasteiger partial charge < -0.3 is 5.32 Å². The second-order valence-electron chi connectivity index (χ2n) is 6.75. The standard InChI is InChI=1S/C16H22N6S/c1-9-12(23-10(2)19-9)8-17-13-11-7-18-22(6)14(11)21-15(20-13)16(3,4)5/h7H,8H2,1-6H3,(H,17,20,21). The summed E-state index contributed by atoms with van der Waals surface area (Å²) in [5.41, 5.74) is 1.81. The van der Waals surface area contributed by atoms with Crippen molar-refractivity contribution in [1.29, 1.82) is 0 Å². The highest BCUT2D eigenvalue weighted by molar-refractivity contribution is 7.11. The van der Waals surface area contributed by atoms with Crippen molar-refractivity contribution < 1.29 is 0 Å². The normalized spacial score (nSPS) is 12.1. The lowest BCUT2D eigenvalue weighted by atomic mass is 9.95. The highest BCUT2D eigenvalue weighted by Crippen LogP contribution is 2.27. The maximum absolute atomic E-state index is 4.75. The van der Waals surface area contributed by atoms with E-state index in [0.717, 1.165) is 33.4 Å². The molecule has 0 saturated carbocycles. The number of thiazole rings is 1. The first kappa shape index (κ1) is 15.9.